The second-order valence-electron chi connectivity index (χ2n) is 20.5. The van der Waals surface area contributed by atoms with Crippen LogP contribution in [0.3, 0.4) is 0 Å². The third kappa shape index (κ3) is 20.3. The van der Waals surface area contributed by atoms with Gasteiger partial charge in [0.1, 0.15) is 18.4 Å². The van der Waals surface area contributed by atoms with E-state index in [4.69, 9.17) is 23.7 Å². The van der Waals surface area contributed by atoms with Crippen molar-refractivity contribution in [3.05, 3.63) is 29.3 Å². The van der Waals surface area contributed by atoms with E-state index >= 15 is 0 Å². The monoisotopic (exact) mass is 1020 g/mol. The summed E-state index contributed by atoms with van der Waals surface area (Å²) in [7, 11) is 0.272. The molecule has 2 aliphatic rings. The minimum atomic E-state index is -1.32. The summed E-state index contributed by atoms with van der Waals surface area (Å²) in [6.45, 7) is 15.1. The van der Waals surface area contributed by atoms with Gasteiger partial charge < -0.3 is 55.2 Å². The quantitative estimate of drug-likeness (QED) is 0.0365. The molecule has 2 aliphatic heterocycles. The van der Waals surface area contributed by atoms with Crippen molar-refractivity contribution in [2.45, 2.75) is 179 Å². The number of hydrogen-bond donors (Lipinski definition) is 6. The fraction of sp³-hybridized carbons (Fsp3) is 0.720. The maximum Gasteiger partial charge on any atom is 0.333 e. The summed E-state index contributed by atoms with van der Waals surface area (Å²) in [6.07, 6.45) is 2.84. The summed E-state index contributed by atoms with van der Waals surface area (Å²) >= 11 is 0. The van der Waals surface area contributed by atoms with E-state index in [1.807, 2.05) is 27.7 Å². The number of carbonyl (C=O) groups excluding carboxylic acids is 7. The van der Waals surface area contributed by atoms with Crippen LogP contribution in [0.1, 0.15) is 131 Å². The molecule has 6 N–H and O–H groups in total. The highest BCUT2D eigenvalue weighted by atomic mass is 32.3. The highest BCUT2D eigenvalue weighted by Crippen LogP contribution is 2.53. The van der Waals surface area contributed by atoms with Crippen molar-refractivity contribution in [1.82, 2.24) is 26.2 Å². The average molecular weight is 1020 g/mol. The lowest BCUT2D eigenvalue weighted by Gasteiger charge is -2.40. The molecule has 0 saturated carbocycles. The molecule has 3 rings (SSSR count). The van der Waals surface area contributed by atoms with Gasteiger partial charge in [0, 0.05) is 71.8 Å². The van der Waals surface area contributed by atoms with Gasteiger partial charge in [-0.25, -0.2) is 14.8 Å². The Kier molecular flexibility index (Phi) is 23.7. The van der Waals surface area contributed by atoms with E-state index in [0.717, 1.165) is 0 Å². The molecular formula is C50H81N5O15S. The van der Waals surface area contributed by atoms with Gasteiger partial charge in [-0.3, -0.25) is 38.5 Å². The fourth-order valence-electron chi connectivity index (χ4n) is 7.37. The Labute approximate surface area is 420 Å². The number of likely N-dealkylation sites (tertiary alicyclic amines) is 1. The van der Waals surface area contributed by atoms with E-state index in [1.54, 1.807) is 39.2 Å². The minimum Gasteiger partial charge on any atom is -0.479 e. The molecule has 5 unspecified atom stereocenters. The number of carbonyl (C=O) groups is 8. The number of benzene rings is 1. The fourth-order valence-corrected chi connectivity index (χ4v) is 9.24. The Hall–Kier alpha value is -4.83. The Morgan fingerprint density at radius 2 is 1.56 bits per heavy atom. The van der Waals surface area contributed by atoms with Crippen LogP contribution in [0.4, 0.5) is 0 Å². The van der Waals surface area contributed by atoms with Gasteiger partial charge in [0.05, 0.1) is 35.1 Å². The SMILES string of the molecule is COC(C)(C)COC(C)(C)CCC(=O)NCC(NC(=O)CCCCCN1C(=O)CC(S(C)(C)C(C)C)C1=O)C(=O)NCCC(=O)NCc1cc(OC2CC(O)CC(C(=O)O)O2)ccc1COC(=O)C(C)C. The van der Waals surface area contributed by atoms with Crippen molar-refractivity contribution in [3.8, 4) is 5.75 Å². The van der Waals surface area contributed by atoms with Gasteiger partial charge >= 0.3 is 11.9 Å². The predicted molar refractivity (Wildman–Crippen MR) is 266 cm³/mol. The standard InChI is InChI=1S/C50H81N5O15S/c1-31(2)48(65)67-29-33-16-17-36(69-44-25-35(56)24-38(70-44)47(63)64)23-34(33)27-52-41(58)19-21-51-45(61)37(28-53-40(57)18-20-49(5,6)68-30-50(7,8)66-9)54-42(59)15-13-12-14-22-55-43(60)26-39(46(55)62)71(10,11)32(3)4/h16-17,23,31-32,35,37-39,44,56H,12-15,18-22,24-30H2,1-11H3,(H,51,61)(H,52,58)(H,53,57)(H,54,59)(H,63,64). The first-order chi connectivity index (χ1) is 33.1. The highest BCUT2D eigenvalue weighted by Gasteiger charge is 2.45. The second-order valence-corrected chi connectivity index (χ2v) is 25.0. The molecular weight excluding hydrogens is 943 g/mol. The lowest BCUT2D eigenvalue weighted by atomic mass is 10.0. The third-order valence-corrected chi connectivity index (χ3v) is 17.1. The number of nitrogens with one attached hydrogen (secondary N) is 4. The summed E-state index contributed by atoms with van der Waals surface area (Å²) in [6, 6.07) is 3.59. The van der Waals surface area contributed by atoms with Crippen molar-refractivity contribution in [1.29, 1.82) is 0 Å². The predicted octanol–water partition coefficient (Wildman–Crippen LogP) is 3.60. The lowest BCUT2D eigenvalue weighted by Crippen LogP contribution is -2.53. The molecule has 1 aromatic carbocycles. The van der Waals surface area contributed by atoms with Crippen LogP contribution in [0, 0.1) is 5.92 Å². The van der Waals surface area contributed by atoms with Crippen molar-refractivity contribution < 1.29 is 72.3 Å². The summed E-state index contributed by atoms with van der Waals surface area (Å²) in [5, 5.41) is 30.5. The number of ether oxygens (including phenoxy) is 5. The zero-order valence-electron chi connectivity index (χ0n) is 43.6. The van der Waals surface area contributed by atoms with Gasteiger partial charge in [0.25, 0.3) is 0 Å². The van der Waals surface area contributed by atoms with Crippen LogP contribution in [0.15, 0.2) is 18.2 Å². The number of carboxylic acids is 1. The lowest BCUT2D eigenvalue weighted by molar-refractivity contribution is -0.195. The number of methoxy groups -OCH3 is 1. The van der Waals surface area contributed by atoms with E-state index in [-0.39, 0.29) is 106 Å². The van der Waals surface area contributed by atoms with Crippen molar-refractivity contribution >= 4 is 57.4 Å². The topological polar surface area (TPSA) is 275 Å². The molecule has 2 fully saturated rings. The summed E-state index contributed by atoms with van der Waals surface area (Å²) < 4.78 is 28.3. The van der Waals surface area contributed by atoms with Gasteiger partial charge in [0.15, 0.2) is 6.10 Å². The van der Waals surface area contributed by atoms with Crippen LogP contribution in [0.25, 0.3) is 0 Å². The number of esters is 1. The van der Waals surface area contributed by atoms with Crippen LogP contribution >= 0.6 is 10.0 Å². The first-order valence-corrected chi connectivity index (χ1v) is 27.1. The van der Waals surface area contributed by atoms with Crippen molar-refractivity contribution in [3.63, 3.8) is 0 Å². The van der Waals surface area contributed by atoms with E-state index in [0.29, 0.717) is 48.7 Å². The third-order valence-electron chi connectivity index (χ3n) is 12.9. The van der Waals surface area contributed by atoms with E-state index in [9.17, 15) is 48.6 Å². The Bertz CT molecular complexity index is 2010. The maximum absolute atomic E-state index is 13.6. The van der Waals surface area contributed by atoms with Gasteiger partial charge in [-0.2, -0.15) is 0 Å². The van der Waals surface area contributed by atoms with Crippen molar-refractivity contribution in [2.24, 2.45) is 5.92 Å². The van der Waals surface area contributed by atoms with Gasteiger partial charge in [-0.15, -0.1) is 0 Å². The summed E-state index contributed by atoms with van der Waals surface area (Å²) in [4.78, 5) is 104. The number of carboxylic acid groups (broad SMARTS) is 1. The zero-order valence-corrected chi connectivity index (χ0v) is 44.5. The number of hydrogen-bond acceptors (Lipinski definition) is 14. The average Bonchev–Trinajstić information content (AvgIpc) is 3.59. The summed E-state index contributed by atoms with van der Waals surface area (Å²) in [5.41, 5.74) is -0.128. The molecule has 2 saturated heterocycles. The van der Waals surface area contributed by atoms with Gasteiger partial charge in [-0.1, -0.05) is 40.2 Å². The van der Waals surface area contributed by atoms with Crippen LogP contribution in [0.5, 0.6) is 5.75 Å². The molecule has 6 amide bonds. The van der Waals surface area contributed by atoms with Crippen LogP contribution in [0.2, 0.25) is 0 Å². The molecule has 20 nitrogen and oxygen atoms in total. The molecule has 0 bridgehead atoms. The second kappa shape index (κ2) is 27.8. The Balaban J connectivity index is 1.61. The number of aliphatic carboxylic acids is 1. The number of unbranched alkanes of at least 4 members (excludes halogenated alkanes) is 2. The molecule has 5 atom stereocenters. The zero-order chi connectivity index (χ0) is 53.3. The first-order valence-electron chi connectivity index (χ1n) is 24.5. The number of nitrogens with zero attached hydrogens (tertiary/aromatic N) is 1. The molecule has 0 radical (unpaired) electrons. The molecule has 2 heterocycles. The molecule has 0 aliphatic carbocycles. The molecule has 402 valence electrons. The first kappa shape index (κ1) is 60.5. The van der Waals surface area contributed by atoms with E-state index in [1.165, 1.54) is 4.90 Å². The molecule has 1 aromatic rings. The molecule has 0 spiro atoms. The number of amides is 6. The summed E-state index contributed by atoms with van der Waals surface area (Å²) in [5.74, 6) is -4.01. The normalized spacial score (nSPS) is 19.3. The maximum atomic E-state index is 13.6. The molecule has 21 heteroatoms. The van der Waals surface area contributed by atoms with E-state index in [2.05, 4.69) is 47.6 Å². The highest BCUT2D eigenvalue weighted by molar-refractivity contribution is 8.34. The van der Waals surface area contributed by atoms with Crippen LogP contribution in [-0.2, 0) is 70.5 Å². The molecule has 0 aromatic heterocycles. The van der Waals surface area contributed by atoms with Crippen molar-refractivity contribution in [2.75, 3.05) is 45.9 Å². The smallest absolute Gasteiger partial charge is 0.333 e. The number of rotatable bonds is 30. The number of aliphatic hydroxyl groups is 1. The number of imide groups is 1. The largest absolute Gasteiger partial charge is 0.479 e. The Morgan fingerprint density at radius 3 is 2.21 bits per heavy atom. The minimum absolute atomic E-state index is 0.0279. The van der Waals surface area contributed by atoms with E-state index < -0.39 is 75.4 Å². The number of aliphatic hydroxyl groups excluding tert-OH is 1. The van der Waals surface area contributed by atoms with Gasteiger partial charge in [-0.05, 0) is 88.0 Å². The van der Waals surface area contributed by atoms with Crippen LogP contribution < -0.4 is 26.0 Å². The Morgan fingerprint density at radius 1 is 0.873 bits per heavy atom. The van der Waals surface area contributed by atoms with Gasteiger partial charge in [0.2, 0.25) is 41.7 Å². The van der Waals surface area contributed by atoms with Crippen LogP contribution in [-0.4, -0.2) is 155 Å². The molecule has 71 heavy (non-hydrogen) atoms.